The quantitative estimate of drug-likeness (QED) is 0.699. The van der Waals surface area contributed by atoms with Crippen molar-refractivity contribution in [1.29, 1.82) is 0 Å². The largest absolute Gasteiger partial charge is 0.465 e. The minimum atomic E-state index is -3.54. The number of benzene rings is 1. The summed E-state index contributed by atoms with van der Waals surface area (Å²) in [5, 5.41) is 4.21. The highest BCUT2D eigenvalue weighted by atomic mass is 32.2. The normalized spacial score (nSPS) is 16.0. The molecule has 1 fully saturated rings. The second-order valence-corrected chi connectivity index (χ2v) is 9.29. The van der Waals surface area contributed by atoms with Crippen molar-refractivity contribution >= 4 is 44.4 Å². The van der Waals surface area contributed by atoms with Crippen LogP contribution in [0.25, 0.3) is 6.08 Å². The number of nitrogens with one attached hydrogen (secondary N) is 1. The summed E-state index contributed by atoms with van der Waals surface area (Å²) in [5.41, 5.74) is 0.806. The number of hydrogen-bond donors (Lipinski definition) is 1. The van der Waals surface area contributed by atoms with E-state index in [1.807, 2.05) is 30.3 Å². The number of nitrogens with zero attached hydrogens (tertiary/aromatic N) is 2. The molecule has 1 aliphatic rings. The molecule has 0 atom stereocenters. The van der Waals surface area contributed by atoms with E-state index in [4.69, 9.17) is 0 Å². The standard InChI is InChI=1S/C19H21N3O5S2/c1-27-18(24)16-13-20-19(28-16)21-17(23)15-7-10-22(11-8-15)29(25,26)12-9-14-5-3-2-4-6-14/h2-6,9,12-13,15H,7-8,10-11H2,1H3,(H,20,21,23)/b12-9+. The Kier molecular flexibility index (Phi) is 6.78. The second kappa shape index (κ2) is 9.29. The van der Waals surface area contributed by atoms with Crippen LogP contribution in [0.1, 0.15) is 28.1 Å². The van der Waals surface area contributed by atoms with Gasteiger partial charge in [0.25, 0.3) is 0 Å². The highest BCUT2D eigenvalue weighted by molar-refractivity contribution is 7.92. The molecule has 0 radical (unpaired) electrons. The topological polar surface area (TPSA) is 106 Å². The number of esters is 1. The van der Waals surface area contributed by atoms with Gasteiger partial charge in [-0.1, -0.05) is 41.7 Å². The van der Waals surface area contributed by atoms with Crippen LogP contribution in [0.4, 0.5) is 5.13 Å². The molecule has 154 valence electrons. The van der Waals surface area contributed by atoms with Crippen molar-refractivity contribution in [3.8, 4) is 0 Å². The molecule has 1 aromatic heterocycles. The fourth-order valence-corrected chi connectivity index (χ4v) is 4.88. The maximum atomic E-state index is 12.5. The Morgan fingerprint density at radius 1 is 1.24 bits per heavy atom. The molecule has 2 aromatic rings. The molecule has 1 saturated heterocycles. The molecule has 1 aromatic carbocycles. The van der Waals surface area contributed by atoms with E-state index < -0.39 is 16.0 Å². The molecule has 1 amide bonds. The summed E-state index contributed by atoms with van der Waals surface area (Å²) in [5.74, 6) is -1.05. The maximum Gasteiger partial charge on any atom is 0.349 e. The van der Waals surface area contributed by atoms with Crippen LogP contribution < -0.4 is 5.32 Å². The summed E-state index contributed by atoms with van der Waals surface area (Å²) in [6, 6.07) is 9.20. The third kappa shape index (κ3) is 5.49. The van der Waals surface area contributed by atoms with Gasteiger partial charge in [-0.25, -0.2) is 18.2 Å². The number of amides is 1. The van der Waals surface area contributed by atoms with Gasteiger partial charge in [-0.15, -0.1) is 0 Å². The van der Waals surface area contributed by atoms with Gasteiger partial charge in [0.05, 0.1) is 13.3 Å². The number of thiazole rings is 1. The zero-order chi connectivity index (χ0) is 20.9. The SMILES string of the molecule is COC(=O)c1cnc(NC(=O)C2CCN(S(=O)(=O)/C=C/c3ccccc3)CC2)s1. The van der Waals surface area contributed by atoms with Crippen LogP contribution in [0, 0.1) is 5.92 Å². The summed E-state index contributed by atoms with van der Waals surface area (Å²) < 4.78 is 31.0. The number of carbonyl (C=O) groups excluding carboxylic acids is 2. The third-order valence-electron chi connectivity index (χ3n) is 4.54. The summed E-state index contributed by atoms with van der Waals surface area (Å²) in [6.07, 6.45) is 3.74. The number of hydrogen-bond acceptors (Lipinski definition) is 7. The van der Waals surface area contributed by atoms with E-state index in [-0.39, 0.29) is 24.9 Å². The Morgan fingerprint density at radius 2 is 1.93 bits per heavy atom. The number of sulfonamides is 1. The van der Waals surface area contributed by atoms with Crippen LogP contribution in [-0.2, 0) is 19.6 Å². The third-order valence-corrected chi connectivity index (χ3v) is 7.00. The Labute approximate surface area is 173 Å². The van der Waals surface area contributed by atoms with Gasteiger partial charge in [0.15, 0.2) is 5.13 Å². The highest BCUT2D eigenvalue weighted by Crippen LogP contribution is 2.24. The van der Waals surface area contributed by atoms with Crippen LogP contribution >= 0.6 is 11.3 Å². The molecule has 8 nitrogen and oxygen atoms in total. The van der Waals surface area contributed by atoms with Crippen molar-refractivity contribution in [1.82, 2.24) is 9.29 Å². The van der Waals surface area contributed by atoms with Crippen molar-refractivity contribution < 1.29 is 22.7 Å². The fraction of sp³-hybridized carbons (Fsp3) is 0.316. The zero-order valence-corrected chi connectivity index (χ0v) is 17.4. The molecule has 0 spiro atoms. The minimum absolute atomic E-state index is 0.229. The Hall–Kier alpha value is -2.56. The first kappa shape index (κ1) is 21.2. The van der Waals surface area contributed by atoms with Gasteiger partial charge in [0.1, 0.15) is 4.88 Å². The lowest BCUT2D eigenvalue weighted by Gasteiger charge is -2.29. The molecule has 3 rings (SSSR count). The zero-order valence-electron chi connectivity index (χ0n) is 15.8. The van der Waals surface area contributed by atoms with Gasteiger partial charge in [-0.05, 0) is 24.5 Å². The Morgan fingerprint density at radius 3 is 2.59 bits per heavy atom. The summed E-state index contributed by atoms with van der Waals surface area (Å²) in [4.78, 5) is 28.2. The molecule has 10 heteroatoms. The fourth-order valence-electron chi connectivity index (χ4n) is 2.92. The lowest BCUT2D eigenvalue weighted by atomic mass is 9.97. The molecule has 0 aliphatic carbocycles. The number of anilines is 1. The first-order chi connectivity index (χ1) is 13.9. The van der Waals surface area contributed by atoms with Crippen molar-refractivity contribution in [3.63, 3.8) is 0 Å². The van der Waals surface area contributed by atoms with Gasteiger partial charge < -0.3 is 10.1 Å². The number of carbonyl (C=O) groups is 2. The average Bonchev–Trinajstić information content (AvgIpc) is 3.21. The van der Waals surface area contributed by atoms with Crippen molar-refractivity contribution in [2.45, 2.75) is 12.8 Å². The first-order valence-electron chi connectivity index (χ1n) is 8.97. The monoisotopic (exact) mass is 435 g/mol. The van der Waals surface area contributed by atoms with E-state index >= 15 is 0 Å². The molecule has 2 heterocycles. The lowest BCUT2D eigenvalue weighted by Crippen LogP contribution is -2.40. The van der Waals surface area contributed by atoms with E-state index in [1.165, 1.54) is 23.0 Å². The van der Waals surface area contributed by atoms with Crippen LogP contribution in [0.5, 0.6) is 0 Å². The van der Waals surface area contributed by atoms with E-state index in [2.05, 4.69) is 15.0 Å². The van der Waals surface area contributed by atoms with Gasteiger partial charge in [0, 0.05) is 24.4 Å². The van der Waals surface area contributed by atoms with Crippen LogP contribution in [0.2, 0.25) is 0 Å². The van der Waals surface area contributed by atoms with E-state index in [1.54, 1.807) is 6.08 Å². The Bertz CT molecular complexity index is 994. The molecular formula is C19H21N3O5S2. The second-order valence-electron chi connectivity index (χ2n) is 6.44. The van der Waals surface area contributed by atoms with Gasteiger partial charge in [0.2, 0.25) is 15.9 Å². The number of methoxy groups -OCH3 is 1. The van der Waals surface area contributed by atoms with E-state index in [0.717, 1.165) is 16.9 Å². The van der Waals surface area contributed by atoms with E-state index in [0.29, 0.717) is 22.9 Å². The smallest absolute Gasteiger partial charge is 0.349 e. The minimum Gasteiger partial charge on any atom is -0.465 e. The predicted octanol–water partition coefficient (Wildman–Crippen LogP) is 2.58. The first-order valence-corrected chi connectivity index (χ1v) is 11.3. The molecular weight excluding hydrogens is 414 g/mol. The van der Waals surface area contributed by atoms with Crippen molar-refractivity contribution in [2.24, 2.45) is 5.92 Å². The predicted molar refractivity (Wildman–Crippen MR) is 111 cm³/mol. The lowest BCUT2D eigenvalue weighted by molar-refractivity contribution is -0.120. The molecule has 1 aliphatic heterocycles. The van der Waals surface area contributed by atoms with E-state index in [9.17, 15) is 18.0 Å². The number of aromatic nitrogens is 1. The van der Waals surface area contributed by atoms with Crippen LogP contribution in [0.15, 0.2) is 41.9 Å². The van der Waals surface area contributed by atoms with Gasteiger partial charge in [-0.3, -0.25) is 4.79 Å². The summed E-state index contributed by atoms with van der Waals surface area (Å²) in [7, 11) is -2.26. The van der Waals surface area contributed by atoms with Crippen LogP contribution in [-0.4, -0.2) is 49.8 Å². The molecule has 0 bridgehead atoms. The highest BCUT2D eigenvalue weighted by Gasteiger charge is 2.30. The average molecular weight is 436 g/mol. The van der Waals surface area contributed by atoms with Crippen molar-refractivity contribution in [3.05, 3.63) is 52.4 Å². The van der Waals surface area contributed by atoms with Gasteiger partial charge >= 0.3 is 5.97 Å². The number of rotatable bonds is 6. The molecule has 1 N–H and O–H groups in total. The molecule has 29 heavy (non-hydrogen) atoms. The molecule has 0 saturated carbocycles. The van der Waals surface area contributed by atoms with Crippen molar-refractivity contribution in [2.75, 3.05) is 25.5 Å². The Balaban J connectivity index is 1.54. The number of ether oxygens (including phenoxy) is 1. The van der Waals surface area contributed by atoms with Gasteiger partial charge in [-0.2, -0.15) is 4.31 Å². The number of piperidine rings is 1. The molecule has 0 unspecified atom stereocenters. The summed E-state index contributed by atoms with van der Waals surface area (Å²) >= 11 is 1.03. The van der Waals surface area contributed by atoms with Crippen LogP contribution in [0.3, 0.4) is 0 Å². The maximum absolute atomic E-state index is 12.5. The summed E-state index contributed by atoms with van der Waals surface area (Å²) in [6.45, 7) is 0.537.